The van der Waals surface area contributed by atoms with E-state index in [9.17, 15) is 9.18 Å². The maximum atomic E-state index is 13.1. The summed E-state index contributed by atoms with van der Waals surface area (Å²) >= 11 is 7.28. The Kier molecular flexibility index (Phi) is 6.13. The third-order valence-electron chi connectivity index (χ3n) is 3.94. The quantitative estimate of drug-likeness (QED) is 0.599. The number of nitrogens with one attached hydrogen (secondary N) is 1. The zero-order valence-corrected chi connectivity index (χ0v) is 16.4. The van der Waals surface area contributed by atoms with Gasteiger partial charge in [-0.15, -0.1) is 10.2 Å². The fraction of sp³-hybridized carbons (Fsp3) is 0.211. The summed E-state index contributed by atoms with van der Waals surface area (Å²) in [4.78, 5) is 12.3. The molecule has 5 nitrogen and oxygen atoms in total. The van der Waals surface area contributed by atoms with Crippen molar-refractivity contribution in [3.05, 3.63) is 58.9 Å². The summed E-state index contributed by atoms with van der Waals surface area (Å²) in [5.41, 5.74) is 2.40. The molecule has 0 bridgehead atoms. The smallest absolute Gasteiger partial charge is 0.234 e. The van der Waals surface area contributed by atoms with Crippen molar-refractivity contribution < 1.29 is 9.18 Å². The van der Waals surface area contributed by atoms with Crippen LogP contribution in [0.25, 0.3) is 11.4 Å². The number of anilines is 1. The number of amides is 1. The van der Waals surface area contributed by atoms with Gasteiger partial charge in [-0.1, -0.05) is 29.4 Å². The highest BCUT2D eigenvalue weighted by molar-refractivity contribution is 7.99. The SMILES string of the molecule is CCn1c(SCC(=O)Nc2cc(Cl)ccc2C)nnc1-c1ccc(F)cc1. The van der Waals surface area contributed by atoms with Crippen molar-refractivity contribution in [1.82, 2.24) is 14.8 Å². The van der Waals surface area contributed by atoms with Crippen molar-refractivity contribution in [1.29, 1.82) is 0 Å². The first-order valence-corrected chi connectivity index (χ1v) is 9.72. The first-order chi connectivity index (χ1) is 13.0. The zero-order chi connectivity index (χ0) is 19.4. The molecular formula is C19H18ClFN4OS. The number of nitrogens with zero attached hydrogens (tertiary/aromatic N) is 3. The Morgan fingerprint density at radius 3 is 2.67 bits per heavy atom. The second-order valence-corrected chi connectivity index (χ2v) is 7.23. The number of aromatic nitrogens is 3. The molecule has 0 fully saturated rings. The zero-order valence-electron chi connectivity index (χ0n) is 14.9. The summed E-state index contributed by atoms with van der Waals surface area (Å²) in [6.07, 6.45) is 0. The van der Waals surface area contributed by atoms with E-state index in [2.05, 4.69) is 15.5 Å². The number of hydrogen-bond acceptors (Lipinski definition) is 4. The fourth-order valence-corrected chi connectivity index (χ4v) is 3.51. The minimum atomic E-state index is -0.302. The molecule has 1 aromatic heterocycles. The second kappa shape index (κ2) is 8.54. The lowest BCUT2D eigenvalue weighted by atomic mass is 10.2. The van der Waals surface area contributed by atoms with Crippen LogP contribution in [0.4, 0.5) is 10.1 Å². The summed E-state index contributed by atoms with van der Waals surface area (Å²) in [5.74, 6) is 0.377. The Morgan fingerprint density at radius 2 is 1.96 bits per heavy atom. The van der Waals surface area contributed by atoms with Crippen molar-refractivity contribution in [2.45, 2.75) is 25.5 Å². The summed E-state index contributed by atoms with van der Waals surface area (Å²) in [5, 5.41) is 12.4. The molecule has 0 unspecified atom stereocenters. The Morgan fingerprint density at radius 1 is 1.22 bits per heavy atom. The highest BCUT2D eigenvalue weighted by atomic mass is 35.5. The van der Waals surface area contributed by atoms with E-state index in [-0.39, 0.29) is 17.5 Å². The molecule has 0 spiro atoms. The number of halogens is 2. The van der Waals surface area contributed by atoms with Gasteiger partial charge in [-0.3, -0.25) is 4.79 Å². The van der Waals surface area contributed by atoms with E-state index in [1.165, 1.54) is 23.9 Å². The Hall–Kier alpha value is -2.38. The molecule has 27 heavy (non-hydrogen) atoms. The third-order valence-corrected chi connectivity index (χ3v) is 5.14. The van der Waals surface area contributed by atoms with Crippen LogP contribution in [0.2, 0.25) is 5.02 Å². The van der Waals surface area contributed by atoms with Gasteiger partial charge in [0.2, 0.25) is 5.91 Å². The van der Waals surface area contributed by atoms with Crippen molar-refractivity contribution in [2.24, 2.45) is 0 Å². The number of benzene rings is 2. The van der Waals surface area contributed by atoms with Gasteiger partial charge in [-0.2, -0.15) is 0 Å². The van der Waals surface area contributed by atoms with Crippen LogP contribution in [0, 0.1) is 12.7 Å². The van der Waals surface area contributed by atoms with E-state index < -0.39 is 0 Å². The van der Waals surface area contributed by atoms with Crippen LogP contribution in [0.3, 0.4) is 0 Å². The van der Waals surface area contributed by atoms with Crippen LogP contribution in [0.1, 0.15) is 12.5 Å². The van der Waals surface area contributed by atoms with Crippen LogP contribution in [-0.4, -0.2) is 26.4 Å². The average Bonchev–Trinajstić information content (AvgIpc) is 3.06. The molecule has 0 aliphatic carbocycles. The van der Waals surface area contributed by atoms with E-state index in [1.807, 2.05) is 24.5 Å². The average molecular weight is 405 g/mol. The Bertz CT molecular complexity index is 959. The van der Waals surface area contributed by atoms with Gasteiger partial charge in [0.15, 0.2) is 11.0 Å². The second-order valence-electron chi connectivity index (χ2n) is 5.85. The molecule has 0 saturated carbocycles. The summed E-state index contributed by atoms with van der Waals surface area (Å²) < 4.78 is 15.0. The molecule has 1 N–H and O–H groups in total. The highest BCUT2D eigenvalue weighted by Gasteiger charge is 2.15. The van der Waals surface area contributed by atoms with Gasteiger partial charge in [-0.25, -0.2) is 4.39 Å². The first-order valence-electron chi connectivity index (χ1n) is 8.36. The molecule has 0 saturated heterocycles. The van der Waals surface area contributed by atoms with Gasteiger partial charge >= 0.3 is 0 Å². The van der Waals surface area contributed by atoms with Gasteiger partial charge in [0.25, 0.3) is 0 Å². The maximum absolute atomic E-state index is 13.1. The first kappa shape index (κ1) is 19.4. The number of rotatable bonds is 6. The van der Waals surface area contributed by atoms with Gasteiger partial charge < -0.3 is 9.88 Å². The number of thioether (sulfide) groups is 1. The standard InChI is InChI=1S/C19H18ClFN4OS/c1-3-25-18(13-5-8-15(21)9-6-13)23-24-19(25)27-11-17(26)22-16-10-14(20)7-4-12(16)2/h4-10H,3,11H2,1-2H3,(H,22,26). The minimum Gasteiger partial charge on any atom is -0.325 e. The van der Waals surface area contributed by atoms with Crippen molar-refractivity contribution >= 4 is 35.0 Å². The highest BCUT2D eigenvalue weighted by Crippen LogP contribution is 2.25. The molecule has 3 aromatic rings. The molecule has 8 heteroatoms. The van der Waals surface area contributed by atoms with E-state index in [1.54, 1.807) is 24.3 Å². The van der Waals surface area contributed by atoms with Gasteiger partial charge in [0.1, 0.15) is 5.82 Å². The normalized spacial score (nSPS) is 10.8. The molecule has 0 radical (unpaired) electrons. The van der Waals surface area contributed by atoms with Crippen molar-refractivity contribution in [3.8, 4) is 11.4 Å². The lowest BCUT2D eigenvalue weighted by Gasteiger charge is -2.09. The predicted molar refractivity (Wildman–Crippen MR) is 107 cm³/mol. The molecule has 3 rings (SSSR count). The molecule has 1 amide bonds. The number of aryl methyl sites for hydroxylation is 1. The molecular weight excluding hydrogens is 387 g/mol. The van der Waals surface area contributed by atoms with Gasteiger partial charge in [-0.05, 0) is 55.8 Å². The van der Waals surface area contributed by atoms with Crippen LogP contribution >= 0.6 is 23.4 Å². The third kappa shape index (κ3) is 4.67. The lowest BCUT2D eigenvalue weighted by molar-refractivity contribution is -0.113. The molecule has 140 valence electrons. The van der Waals surface area contributed by atoms with Crippen molar-refractivity contribution in [2.75, 3.05) is 11.1 Å². The van der Waals surface area contributed by atoms with E-state index in [0.29, 0.717) is 28.2 Å². The van der Waals surface area contributed by atoms with Gasteiger partial charge in [0, 0.05) is 22.8 Å². The number of carbonyl (C=O) groups is 1. The Balaban J connectivity index is 1.70. The molecule has 2 aromatic carbocycles. The largest absolute Gasteiger partial charge is 0.325 e. The molecule has 0 aliphatic heterocycles. The molecule has 1 heterocycles. The summed E-state index contributed by atoms with van der Waals surface area (Å²) in [6.45, 7) is 4.51. The van der Waals surface area contributed by atoms with Crippen LogP contribution < -0.4 is 5.32 Å². The molecule has 0 atom stereocenters. The minimum absolute atomic E-state index is 0.153. The van der Waals surface area contributed by atoms with E-state index in [0.717, 1.165) is 11.1 Å². The topological polar surface area (TPSA) is 59.8 Å². The summed E-state index contributed by atoms with van der Waals surface area (Å²) in [6, 6.07) is 11.5. The number of hydrogen-bond donors (Lipinski definition) is 1. The van der Waals surface area contributed by atoms with E-state index >= 15 is 0 Å². The van der Waals surface area contributed by atoms with E-state index in [4.69, 9.17) is 11.6 Å². The van der Waals surface area contributed by atoms with Crippen LogP contribution in [0.15, 0.2) is 47.6 Å². The summed E-state index contributed by atoms with van der Waals surface area (Å²) in [7, 11) is 0. The Labute approximate surface area is 166 Å². The van der Waals surface area contributed by atoms with Gasteiger partial charge in [0.05, 0.1) is 5.75 Å². The fourth-order valence-electron chi connectivity index (χ4n) is 2.54. The maximum Gasteiger partial charge on any atom is 0.234 e. The number of carbonyl (C=O) groups excluding carboxylic acids is 1. The van der Waals surface area contributed by atoms with Crippen LogP contribution in [-0.2, 0) is 11.3 Å². The van der Waals surface area contributed by atoms with Crippen LogP contribution in [0.5, 0.6) is 0 Å². The monoisotopic (exact) mass is 404 g/mol. The molecule has 0 aliphatic rings. The van der Waals surface area contributed by atoms with Crippen molar-refractivity contribution in [3.63, 3.8) is 0 Å². The predicted octanol–water partition coefficient (Wildman–Crippen LogP) is 4.80. The lowest BCUT2D eigenvalue weighted by Crippen LogP contribution is -2.15.